The maximum Gasteiger partial charge on any atom is 0.190 e. The first-order chi connectivity index (χ1) is 9.15. The molecule has 1 heterocycles. The Bertz CT molecular complexity index is 811. The summed E-state index contributed by atoms with van der Waals surface area (Å²) < 4.78 is 13.8. The minimum Gasteiger partial charge on any atom is -0.354 e. The number of pyridine rings is 1. The Morgan fingerprint density at radius 2 is 1.79 bits per heavy atom. The molecule has 0 amide bonds. The number of rotatable bonds is 1. The molecule has 3 aromatic rings. The zero-order valence-corrected chi connectivity index (χ0v) is 11.4. The number of nitrogens with one attached hydrogen (secondary N) is 1. The lowest BCUT2D eigenvalue weighted by Gasteiger charge is -2.05. The second kappa shape index (κ2) is 4.63. The summed E-state index contributed by atoms with van der Waals surface area (Å²) in [5, 5.41) is 0.466. The topological polar surface area (TPSA) is 32.9 Å². The van der Waals surface area contributed by atoms with Crippen molar-refractivity contribution >= 4 is 26.8 Å². The van der Waals surface area contributed by atoms with Crippen LogP contribution in [0.5, 0.6) is 0 Å². The smallest absolute Gasteiger partial charge is 0.190 e. The van der Waals surface area contributed by atoms with Crippen molar-refractivity contribution in [3.8, 4) is 11.3 Å². The molecule has 0 aliphatic rings. The van der Waals surface area contributed by atoms with Gasteiger partial charge in [0.2, 0.25) is 0 Å². The van der Waals surface area contributed by atoms with Gasteiger partial charge in [-0.15, -0.1) is 0 Å². The number of halogens is 2. The number of hydrogen-bond donors (Lipinski definition) is 1. The SMILES string of the molecule is O=c1cc(-c2ccccc2)[nH]c2cc(F)c(Br)cc12. The zero-order chi connectivity index (χ0) is 13.4. The van der Waals surface area contributed by atoms with Gasteiger partial charge in [0.05, 0.1) is 9.99 Å². The van der Waals surface area contributed by atoms with Crippen LogP contribution in [0, 0.1) is 5.82 Å². The van der Waals surface area contributed by atoms with Crippen LogP contribution in [0.15, 0.2) is 57.8 Å². The Morgan fingerprint density at radius 1 is 1.05 bits per heavy atom. The molecule has 94 valence electrons. The number of H-pyrrole nitrogens is 1. The van der Waals surface area contributed by atoms with Crippen LogP contribution in [0.25, 0.3) is 22.2 Å². The molecule has 3 rings (SSSR count). The van der Waals surface area contributed by atoms with Crippen LogP contribution >= 0.6 is 15.9 Å². The predicted molar refractivity (Wildman–Crippen MR) is 77.7 cm³/mol. The van der Waals surface area contributed by atoms with Gasteiger partial charge in [0.15, 0.2) is 5.43 Å². The van der Waals surface area contributed by atoms with E-state index in [1.165, 1.54) is 18.2 Å². The molecule has 0 radical (unpaired) electrons. The van der Waals surface area contributed by atoms with E-state index >= 15 is 0 Å². The highest BCUT2D eigenvalue weighted by Crippen LogP contribution is 2.23. The normalized spacial score (nSPS) is 10.8. The van der Waals surface area contributed by atoms with Crippen LogP contribution in [0.1, 0.15) is 0 Å². The molecular formula is C15H9BrFNO. The second-order valence-corrected chi connectivity index (χ2v) is 5.08. The maximum atomic E-state index is 13.5. The molecule has 0 bridgehead atoms. The minimum absolute atomic E-state index is 0.131. The van der Waals surface area contributed by atoms with Gasteiger partial charge in [0, 0.05) is 17.1 Å². The van der Waals surface area contributed by atoms with Crippen molar-refractivity contribution in [1.29, 1.82) is 0 Å². The molecular weight excluding hydrogens is 309 g/mol. The van der Waals surface area contributed by atoms with Gasteiger partial charge < -0.3 is 4.98 Å². The number of aromatic nitrogens is 1. The van der Waals surface area contributed by atoms with E-state index in [1.54, 1.807) is 0 Å². The fraction of sp³-hybridized carbons (Fsp3) is 0. The molecule has 0 spiro atoms. The molecule has 1 aromatic heterocycles. The average molecular weight is 318 g/mol. The van der Waals surface area contributed by atoms with Crippen LogP contribution in [0.4, 0.5) is 4.39 Å². The summed E-state index contributed by atoms with van der Waals surface area (Å²) in [4.78, 5) is 15.2. The largest absolute Gasteiger partial charge is 0.354 e. The van der Waals surface area contributed by atoms with Crippen molar-refractivity contribution in [2.24, 2.45) is 0 Å². The van der Waals surface area contributed by atoms with Crippen LogP contribution in [-0.4, -0.2) is 4.98 Å². The molecule has 2 aromatic carbocycles. The Kier molecular flexibility index (Phi) is 2.95. The summed E-state index contributed by atoms with van der Waals surface area (Å²) in [5.41, 5.74) is 1.94. The molecule has 19 heavy (non-hydrogen) atoms. The van der Waals surface area contributed by atoms with Crippen molar-refractivity contribution in [3.63, 3.8) is 0 Å². The first kappa shape index (κ1) is 12.1. The lowest BCUT2D eigenvalue weighted by molar-refractivity contribution is 0.623. The average Bonchev–Trinajstić information content (AvgIpc) is 2.42. The monoisotopic (exact) mass is 317 g/mol. The molecule has 0 aliphatic carbocycles. The van der Waals surface area contributed by atoms with Gasteiger partial charge in [-0.3, -0.25) is 4.79 Å². The number of benzene rings is 2. The van der Waals surface area contributed by atoms with E-state index in [1.807, 2.05) is 30.3 Å². The van der Waals surface area contributed by atoms with Crippen molar-refractivity contribution in [3.05, 3.63) is 69.0 Å². The van der Waals surface area contributed by atoms with Crippen molar-refractivity contribution in [1.82, 2.24) is 4.98 Å². The van der Waals surface area contributed by atoms with E-state index in [2.05, 4.69) is 20.9 Å². The number of hydrogen-bond acceptors (Lipinski definition) is 1. The van der Waals surface area contributed by atoms with E-state index in [-0.39, 0.29) is 9.90 Å². The molecule has 4 heteroatoms. The van der Waals surface area contributed by atoms with Gasteiger partial charge in [0.25, 0.3) is 0 Å². The van der Waals surface area contributed by atoms with Gasteiger partial charge >= 0.3 is 0 Å². The summed E-state index contributed by atoms with van der Waals surface area (Å²) in [6, 6.07) is 13.8. The van der Waals surface area contributed by atoms with Gasteiger partial charge in [-0.25, -0.2) is 4.39 Å². The first-order valence-electron chi connectivity index (χ1n) is 5.72. The highest BCUT2D eigenvalue weighted by Gasteiger charge is 2.07. The fourth-order valence-corrected chi connectivity index (χ4v) is 2.36. The fourth-order valence-electron chi connectivity index (χ4n) is 2.02. The molecule has 0 saturated heterocycles. The number of fused-ring (bicyclic) bond motifs is 1. The zero-order valence-electron chi connectivity index (χ0n) is 9.78. The summed E-state index contributed by atoms with van der Waals surface area (Å²) in [5.74, 6) is -0.395. The molecule has 2 nitrogen and oxygen atoms in total. The molecule has 1 N–H and O–H groups in total. The van der Waals surface area contributed by atoms with Crippen LogP contribution < -0.4 is 5.43 Å². The first-order valence-corrected chi connectivity index (χ1v) is 6.52. The number of aromatic amines is 1. The summed E-state index contributed by atoms with van der Waals surface area (Å²) in [6.07, 6.45) is 0. The standard InChI is InChI=1S/C15H9BrFNO/c16-11-6-10-14(7-12(11)17)18-13(8-15(10)19)9-4-2-1-3-5-9/h1-8H,(H,18,19). The van der Waals surface area contributed by atoms with Crippen molar-refractivity contribution in [2.75, 3.05) is 0 Å². The molecule has 0 fully saturated rings. The third-order valence-electron chi connectivity index (χ3n) is 2.96. The highest BCUT2D eigenvalue weighted by atomic mass is 79.9. The lowest BCUT2D eigenvalue weighted by Crippen LogP contribution is -2.03. The van der Waals surface area contributed by atoms with Crippen LogP contribution in [0.3, 0.4) is 0 Å². The summed E-state index contributed by atoms with van der Waals surface area (Å²) >= 11 is 3.09. The Balaban J connectivity index is 2.31. The third kappa shape index (κ3) is 2.19. The van der Waals surface area contributed by atoms with E-state index in [0.717, 1.165) is 5.56 Å². The Morgan fingerprint density at radius 3 is 2.53 bits per heavy atom. The van der Waals surface area contributed by atoms with Crippen molar-refractivity contribution < 1.29 is 4.39 Å². The quantitative estimate of drug-likeness (QED) is 0.720. The lowest BCUT2D eigenvalue weighted by atomic mass is 10.1. The maximum absolute atomic E-state index is 13.5. The Hall–Kier alpha value is -1.94. The molecule has 0 aliphatic heterocycles. The van der Waals surface area contributed by atoms with E-state index in [9.17, 15) is 9.18 Å². The van der Waals surface area contributed by atoms with E-state index < -0.39 is 5.82 Å². The summed E-state index contributed by atoms with van der Waals surface area (Å²) in [7, 11) is 0. The predicted octanol–water partition coefficient (Wildman–Crippen LogP) is 4.10. The van der Waals surface area contributed by atoms with Gasteiger partial charge in [-0.05, 0) is 33.6 Å². The molecule has 0 unspecified atom stereocenters. The van der Waals surface area contributed by atoms with Crippen LogP contribution in [-0.2, 0) is 0 Å². The minimum atomic E-state index is -0.395. The second-order valence-electron chi connectivity index (χ2n) is 4.23. The van der Waals surface area contributed by atoms with E-state index in [4.69, 9.17) is 0 Å². The highest BCUT2D eigenvalue weighted by molar-refractivity contribution is 9.10. The van der Waals surface area contributed by atoms with Gasteiger partial charge in [-0.1, -0.05) is 30.3 Å². The molecule has 0 saturated carbocycles. The Labute approximate surface area is 117 Å². The van der Waals surface area contributed by atoms with E-state index in [0.29, 0.717) is 16.6 Å². The molecule has 0 atom stereocenters. The summed E-state index contributed by atoms with van der Waals surface area (Å²) in [6.45, 7) is 0. The third-order valence-corrected chi connectivity index (χ3v) is 3.56. The van der Waals surface area contributed by atoms with Crippen LogP contribution in [0.2, 0.25) is 0 Å². The van der Waals surface area contributed by atoms with Gasteiger partial charge in [0.1, 0.15) is 5.82 Å². The van der Waals surface area contributed by atoms with Gasteiger partial charge in [-0.2, -0.15) is 0 Å². The van der Waals surface area contributed by atoms with Crippen molar-refractivity contribution in [2.45, 2.75) is 0 Å².